The third-order valence-corrected chi connectivity index (χ3v) is 12.0. The van der Waals surface area contributed by atoms with Gasteiger partial charge in [-0.3, -0.25) is 0 Å². The highest BCUT2D eigenvalue weighted by molar-refractivity contribution is 5.45. The van der Waals surface area contributed by atoms with E-state index in [9.17, 15) is 32.2 Å². The summed E-state index contributed by atoms with van der Waals surface area (Å²) in [5.74, 6) is -2.32. The maximum Gasteiger partial charge on any atom is 0.453 e. The molecule has 43 heavy (non-hydrogen) atoms. The normalized spacial score (nSPS) is 31.2. The molecular formula is C35H52F5NO2. The summed E-state index contributed by atoms with van der Waals surface area (Å²) in [5.41, 5.74) is 3.93. The van der Waals surface area contributed by atoms with E-state index in [0.717, 1.165) is 102 Å². The quantitative estimate of drug-likeness (QED) is 0.172. The maximum atomic E-state index is 13.1. The summed E-state index contributed by atoms with van der Waals surface area (Å²) in [4.78, 5) is 2.53. The van der Waals surface area contributed by atoms with Crippen molar-refractivity contribution in [3.05, 3.63) is 28.8 Å². The summed E-state index contributed by atoms with van der Waals surface area (Å²) in [7, 11) is 0. The number of phenols is 1. The van der Waals surface area contributed by atoms with Gasteiger partial charge in [-0.05, 0) is 142 Å². The molecule has 1 aliphatic heterocycles. The smallest absolute Gasteiger partial charge is 0.453 e. The fourth-order valence-electron chi connectivity index (χ4n) is 9.37. The van der Waals surface area contributed by atoms with E-state index in [0.29, 0.717) is 42.4 Å². The van der Waals surface area contributed by atoms with Gasteiger partial charge >= 0.3 is 12.1 Å². The van der Waals surface area contributed by atoms with Gasteiger partial charge in [-0.1, -0.05) is 38.7 Å². The Hall–Kier alpha value is -1.41. The Bertz CT molecular complexity index is 1080. The van der Waals surface area contributed by atoms with Crippen molar-refractivity contribution in [1.82, 2.24) is 4.90 Å². The molecule has 0 amide bonds. The van der Waals surface area contributed by atoms with Crippen LogP contribution < -0.4 is 0 Å². The predicted octanol–water partition coefficient (Wildman–Crippen LogP) is 9.32. The molecule has 8 heteroatoms. The van der Waals surface area contributed by atoms with Gasteiger partial charge in [0, 0.05) is 12.5 Å². The number of hydrogen-bond acceptors (Lipinski definition) is 3. The summed E-state index contributed by atoms with van der Waals surface area (Å²) in [5, 5.41) is 21.5. The second kappa shape index (κ2) is 13.5. The first-order valence-corrected chi connectivity index (χ1v) is 17.1. The highest BCUT2D eigenvalue weighted by Crippen LogP contribution is 2.61. The molecule has 0 unspecified atom stereocenters. The van der Waals surface area contributed by atoms with Gasteiger partial charge in [0.1, 0.15) is 5.75 Å². The van der Waals surface area contributed by atoms with E-state index in [1.807, 2.05) is 6.07 Å². The van der Waals surface area contributed by atoms with Crippen molar-refractivity contribution in [1.29, 1.82) is 0 Å². The molecule has 0 bridgehead atoms. The van der Waals surface area contributed by atoms with Gasteiger partial charge in [-0.2, -0.15) is 22.0 Å². The number of aliphatic hydroxyl groups excluding tert-OH is 1. The number of nitrogens with zero attached hydrogens (tertiary/aromatic N) is 1. The van der Waals surface area contributed by atoms with Crippen molar-refractivity contribution < 1.29 is 32.2 Å². The molecule has 1 aromatic carbocycles. The lowest BCUT2D eigenvalue weighted by Gasteiger charge is -2.50. The number of aryl methyl sites for hydroxylation is 2. The molecule has 0 aromatic heterocycles. The van der Waals surface area contributed by atoms with E-state index >= 15 is 0 Å². The Kier molecular flexibility index (Phi) is 10.4. The lowest BCUT2D eigenvalue weighted by molar-refractivity contribution is -0.284. The first kappa shape index (κ1) is 33.0. The number of benzene rings is 1. The number of halogens is 5. The zero-order valence-corrected chi connectivity index (χ0v) is 25.9. The number of unbranched alkanes of at least 4 members (excludes halogenated alkanes) is 5. The highest BCUT2D eigenvalue weighted by Gasteiger charge is 2.56. The predicted molar refractivity (Wildman–Crippen MR) is 160 cm³/mol. The Morgan fingerprint density at radius 3 is 2.47 bits per heavy atom. The standard InChI is InChI=1S/C35H52F5NO2/c1-33-19-17-27-28(30(33)15-16-32(33)43)14-13-24-23-31(42)25(22-29(24)27)10-5-4-8-20-41-21-9-12-26(41)11-6-2-3-7-18-34(36,37)35(38,39)40/h22-23,26-28,30,32,42-43H,2-21H2,1H3/t26-,27+,28-,30+,32+,33+/m1/s1. The lowest BCUT2D eigenvalue weighted by atomic mass is 9.55. The zero-order chi connectivity index (χ0) is 30.8. The molecule has 3 nitrogen and oxygen atoms in total. The number of fused-ring (bicyclic) bond motifs is 5. The van der Waals surface area contributed by atoms with Crippen molar-refractivity contribution >= 4 is 0 Å². The minimum atomic E-state index is -5.44. The molecule has 2 N–H and O–H groups in total. The van der Waals surface area contributed by atoms with Gasteiger partial charge in [0.05, 0.1) is 6.10 Å². The van der Waals surface area contributed by atoms with Crippen LogP contribution >= 0.6 is 0 Å². The molecule has 1 heterocycles. The van der Waals surface area contributed by atoms with Crippen LogP contribution in [0.2, 0.25) is 0 Å². The van der Waals surface area contributed by atoms with Crippen molar-refractivity contribution in [3.63, 3.8) is 0 Å². The molecule has 1 saturated heterocycles. The van der Waals surface area contributed by atoms with Crippen LogP contribution in [-0.2, 0) is 12.8 Å². The lowest BCUT2D eigenvalue weighted by Crippen LogP contribution is -2.43. The average Bonchev–Trinajstić information content (AvgIpc) is 3.52. The Balaban J connectivity index is 1.02. The van der Waals surface area contributed by atoms with Gasteiger partial charge in [0.2, 0.25) is 0 Å². The van der Waals surface area contributed by atoms with Crippen molar-refractivity contribution in [2.24, 2.45) is 17.3 Å². The van der Waals surface area contributed by atoms with Crippen LogP contribution in [0.4, 0.5) is 22.0 Å². The van der Waals surface area contributed by atoms with E-state index in [4.69, 9.17) is 0 Å². The van der Waals surface area contributed by atoms with Crippen LogP contribution in [0.1, 0.15) is 132 Å². The SMILES string of the molecule is C[C@]12CC[C@@H]3c4cc(CCCCCN5CCC[C@H]5CCCCCCC(F)(F)C(F)(F)F)c(O)cc4CC[C@H]3[C@@H]1CC[C@@H]2O. The van der Waals surface area contributed by atoms with Gasteiger partial charge in [-0.25, -0.2) is 0 Å². The highest BCUT2D eigenvalue weighted by atomic mass is 19.4. The molecule has 0 radical (unpaired) electrons. The first-order chi connectivity index (χ1) is 20.4. The molecule has 0 spiro atoms. The molecule has 1 aromatic rings. The number of phenolic OH excluding ortho intramolecular Hbond substituents is 1. The second-order valence-corrected chi connectivity index (χ2v) is 14.5. The van der Waals surface area contributed by atoms with E-state index in [-0.39, 0.29) is 17.9 Å². The van der Waals surface area contributed by atoms with Crippen molar-refractivity contribution in [3.8, 4) is 5.75 Å². The number of aromatic hydroxyl groups is 1. The fourth-order valence-corrected chi connectivity index (χ4v) is 9.37. The van der Waals surface area contributed by atoms with Crippen molar-refractivity contribution in [2.45, 2.75) is 153 Å². The van der Waals surface area contributed by atoms with E-state index < -0.39 is 18.5 Å². The number of hydrogen-bond donors (Lipinski definition) is 2. The second-order valence-electron chi connectivity index (χ2n) is 14.5. The third-order valence-electron chi connectivity index (χ3n) is 12.0. The summed E-state index contributed by atoms with van der Waals surface area (Å²) in [6, 6.07) is 4.85. The zero-order valence-electron chi connectivity index (χ0n) is 25.9. The number of alkyl halides is 5. The van der Waals surface area contributed by atoms with Crippen LogP contribution in [0, 0.1) is 17.3 Å². The minimum Gasteiger partial charge on any atom is -0.508 e. The Morgan fingerprint density at radius 1 is 0.907 bits per heavy atom. The molecular weight excluding hydrogens is 561 g/mol. The van der Waals surface area contributed by atoms with Crippen LogP contribution in [0.3, 0.4) is 0 Å². The largest absolute Gasteiger partial charge is 0.508 e. The van der Waals surface area contributed by atoms with Crippen LogP contribution in [0.5, 0.6) is 5.75 Å². The number of likely N-dealkylation sites (tertiary alicyclic amines) is 1. The van der Waals surface area contributed by atoms with Gasteiger partial charge < -0.3 is 15.1 Å². The Labute approximate surface area is 254 Å². The maximum absolute atomic E-state index is 13.1. The van der Waals surface area contributed by atoms with E-state index in [1.54, 1.807) is 0 Å². The van der Waals surface area contributed by atoms with Crippen molar-refractivity contribution in [2.75, 3.05) is 13.1 Å². The van der Waals surface area contributed by atoms with Gasteiger partial charge in [-0.15, -0.1) is 0 Å². The van der Waals surface area contributed by atoms with E-state index in [2.05, 4.69) is 17.9 Å². The summed E-state index contributed by atoms with van der Waals surface area (Å²) in [6.07, 6.45) is 9.08. The topological polar surface area (TPSA) is 43.7 Å². The Morgan fingerprint density at radius 2 is 1.67 bits per heavy atom. The molecule has 4 aliphatic rings. The van der Waals surface area contributed by atoms with Crippen LogP contribution in [0.15, 0.2) is 12.1 Å². The molecule has 3 aliphatic carbocycles. The monoisotopic (exact) mass is 613 g/mol. The molecule has 6 atom stereocenters. The average molecular weight is 614 g/mol. The third kappa shape index (κ3) is 7.21. The molecule has 3 fully saturated rings. The van der Waals surface area contributed by atoms with Gasteiger partial charge in [0.25, 0.3) is 0 Å². The molecule has 5 rings (SSSR count). The van der Waals surface area contributed by atoms with Crippen LogP contribution in [0.25, 0.3) is 0 Å². The molecule has 2 saturated carbocycles. The van der Waals surface area contributed by atoms with E-state index in [1.165, 1.54) is 17.5 Å². The number of rotatable bonds is 13. The summed E-state index contributed by atoms with van der Waals surface area (Å²) >= 11 is 0. The van der Waals surface area contributed by atoms with Crippen LogP contribution in [-0.4, -0.2) is 52.4 Å². The minimum absolute atomic E-state index is 0.0762. The van der Waals surface area contributed by atoms with Gasteiger partial charge in [0.15, 0.2) is 0 Å². The number of aliphatic hydroxyl groups is 1. The first-order valence-electron chi connectivity index (χ1n) is 17.1. The summed E-state index contributed by atoms with van der Waals surface area (Å²) in [6.45, 7) is 4.42. The molecule has 244 valence electrons. The fraction of sp³-hybridized carbons (Fsp3) is 0.829. The summed E-state index contributed by atoms with van der Waals surface area (Å²) < 4.78 is 63.1.